The molecule has 0 saturated carbocycles. The number of aliphatic hydroxyl groups excluding tert-OH is 1. The normalized spacial score (nSPS) is 14.0. The number of nitrogens with two attached hydrogens (primary N) is 3. The largest absolute Gasteiger partial charge is 0.508 e. The maximum Gasteiger partial charge on any atom is 0.243 e. The Bertz CT molecular complexity index is 1690. The highest BCUT2D eigenvalue weighted by molar-refractivity contribution is 5.98. The van der Waals surface area contributed by atoms with Gasteiger partial charge in [-0.05, 0) is 42.7 Å². The standard InChI is InChI=1S/C32H40N8O9/c1-16(42)26(15-41)40-32(49)25(13-28(35)45)39-30(47)23(11-18-14-36-22-5-3-2-4-20(18)22)38-31(48)24(12-27(34)44)37-29(46)21(33)10-17-6-8-19(43)9-7-17/h2-9,14,21,23-26,36,41,43H,10-13,15,33H2,1H3,(H2,34,44)(H2,35,45)(H,37,46)(H,38,48)(H,39,47)(H,40,49)/t21-,23-,24-,25-,26-/m0/s1. The lowest BCUT2D eigenvalue weighted by molar-refractivity contribution is -0.136. The van der Waals surface area contributed by atoms with Crippen molar-refractivity contribution in [3.63, 3.8) is 0 Å². The van der Waals surface area contributed by atoms with Crippen LogP contribution in [-0.4, -0.2) is 93.2 Å². The van der Waals surface area contributed by atoms with Crippen LogP contribution < -0.4 is 38.5 Å². The molecule has 262 valence electrons. The predicted octanol–water partition coefficient (Wildman–Crippen LogP) is -2.74. The predicted molar refractivity (Wildman–Crippen MR) is 175 cm³/mol. The van der Waals surface area contributed by atoms with Gasteiger partial charge in [0.1, 0.15) is 29.9 Å². The molecule has 0 saturated heterocycles. The quantitative estimate of drug-likeness (QED) is 0.0661. The summed E-state index contributed by atoms with van der Waals surface area (Å²) in [6.07, 6.45) is 0.101. The third-order valence-electron chi connectivity index (χ3n) is 7.53. The van der Waals surface area contributed by atoms with Gasteiger partial charge in [0, 0.05) is 23.5 Å². The maximum absolute atomic E-state index is 13.7. The number of aliphatic hydroxyl groups is 1. The zero-order chi connectivity index (χ0) is 36.2. The Hall–Kier alpha value is -5.81. The average Bonchev–Trinajstić information content (AvgIpc) is 3.45. The molecule has 0 aliphatic rings. The van der Waals surface area contributed by atoms with E-state index in [1.807, 2.05) is 0 Å². The molecule has 3 aromatic rings. The van der Waals surface area contributed by atoms with Crippen molar-refractivity contribution in [2.45, 2.75) is 62.8 Å². The number of H-pyrrole nitrogens is 1. The fourth-order valence-corrected chi connectivity index (χ4v) is 4.90. The summed E-state index contributed by atoms with van der Waals surface area (Å²) in [4.78, 5) is 91.8. The molecule has 0 fully saturated rings. The molecule has 0 unspecified atom stereocenters. The number of rotatable bonds is 18. The molecule has 0 bridgehead atoms. The van der Waals surface area contributed by atoms with Crippen LogP contribution in [0.2, 0.25) is 0 Å². The van der Waals surface area contributed by atoms with Gasteiger partial charge in [0.25, 0.3) is 0 Å². The Labute approximate surface area is 280 Å². The molecule has 13 N–H and O–H groups in total. The summed E-state index contributed by atoms with van der Waals surface area (Å²) in [6, 6.07) is 5.88. The van der Waals surface area contributed by atoms with Gasteiger partial charge >= 0.3 is 0 Å². The summed E-state index contributed by atoms with van der Waals surface area (Å²) in [5, 5.41) is 29.2. The fourth-order valence-electron chi connectivity index (χ4n) is 4.90. The minimum atomic E-state index is -1.61. The van der Waals surface area contributed by atoms with E-state index in [4.69, 9.17) is 17.2 Å². The second kappa shape index (κ2) is 17.4. The number of para-hydroxylation sites is 1. The number of Topliss-reactive ketones (excluding diaryl/α,β-unsaturated/α-hetero) is 1. The third kappa shape index (κ3) is 11.1. The number of aromatic amines is 1. The lowest BCUT2D eigenvalue weighted by Gasteiger charge is -2.26. The van der Waals surface area contributed by atoms with Crippen molar-refractivity contribution in [1.82, 2.24) is 26.3 Å². The van der Waals surface area contributed by atoms with Gasteiger partial charge in [0.05, 0.1) is 25.5 Å². The topological polar surface area (TPSA) is 302 Å². The number of primary amides is 2. The van der Waals surface area contributed by atoms with Gasteiger partial charge < -0.3 is 53.7 Å². The van der Waals surface area contributed by atoms with Crippen molar-refractivity contribution in [1.29, 1.82) is 0 Å². The van der Waals surface area contributed by atoms with Gasteiger partial charge in [0.15, 0.2) is 5.78 Å². The number of ketones is 1. The molecule has 3 rings (SSSR count). The first-order valence-electron chi connectivity index (χ1n) is 15.2. The Balaban J connectivity index is 1.87. The molecule has 0 aliphatic carbocycles. The van der Waals surface area contributed by atoms with Crippen LogP contribution >= 0.6 is 0 Å². The fraction of sp³-hybridized carbons (Fsp3) is 0.344. The van der Waals surface area contributed by atoms with Crippen LogP contribution in [0.15, 0.2) is 54.7 Å². The van der Waals surface area contributed by atoms with Crippen LogP contribution in [0.3, 0.4) is 0 Å². The molecule has 17 heteroatoms. The van der Waals surface area contributed by atoms with Gasteiger partial charge in [-0.25, -0.2) is 0 Å². The van der Waals surface area contributed by atoms with E-state index >= 15 is 0 Å². The first-order valence-corrected chi connectivity index (χ1v) is 15.2. The molecule has 5 atom stereocenters. The molecule has 0 aliphatic heterocycles. The number of hydrogen-bond acceptors (Lipinski definition) is 10. The Morgan fingerprint density at radius 3 is 1.78 bits per heavy atom. The molecule has 1 aromatic heterocycles. The second-order valence-electron chi connectivity index (χ2n) is 11.4. The van der Waals surface area contributed by atoms with Crippen molar-refractivity contribution in [3.05, 3.63) is 65.9 Å². The van der Waals surface area contributed by atoms with Gasteiger partial charge in [0.2, 0.25) is 35.4 Å². The third-order valence-corrected chi connectivity index (χ3v) is 7.53. The highest BCUT2D eigenvalue weighted by Gasteiger charge is 2.33. The molecule has 0 radical (unpaired) electrons. The zero-order valence-electron chi connectivity index (χ0n) is 26.6. The van der Waals surface area contributed by atoms with Crippen molar-refractivity contribution in [3.8, 4) is 5.75 Å². The second-order valence-corrected chi connectivity index (χ2v) is 11.4. The molecular weight excluding hydrogens is 640 g/mol. The van der Waals surface area contributed by atoms with E-state index < -0.39 is 90.9 Å². The first-order chi connectivity index (χ1) is 23.2. The number of carbonyl (C=O) groups excluding carboxylic acids is 7. The number of aromatic nitrogens is 1. The van der Waals surface area contributed by atoms with Crippen LogP contribution in [0.5, 0.6) is 5.75 Å². The van der Waals surface area contributed by atoms with Crippen LogP contribution in [0, 0.1) is 0 Å². The van der Waals surface area contributed by atoms with Gasteiger partial charge in [-0.1, -0.05) is 30.3 Å². The van der Waals surface area contributed by atoms with Crippen LogP contribution in [0.4, 0.5) is 0 Å². The Kier molecular flexibility index (Phi) is 13.3. The minimum absolute atomic E-state index is 0.0122. The summed E-state index contributed by atoms with van der Waals surface area (Å²) in [5.41, 5.74) is 18.6. The highest BCUT2D eigenvalue weighted by Crippen LogP contribution is 2.19. The lowest BCUT2D eigenvalue weighted by atomic mass is 10.0. The van der Waals surface area contributed by atoms with E-state index in [0.29, 0.717) is 16.5 Å². The van der Waals surface area contributed by atoms with Crippen molar-refractivity contribution in [2.75, 3.05) is 6.61 Å². The number of carbonyl (C=O) groups is 7. The maximum atomic E-state index is 13.7. The monoisotopic (exact) mass is 680 g/mol. The first kappa shape index (κ1) is 37.6. The minimum Gasteiger partial charge on any atom is -0.508 e. The molecular formula is C32H40N8O9. The zero-order valence-corrected chi connectivity index (χ0v) is 26.6. The molecule has 0 spiro atoms. The van der Waals surface area contributed by atoms with E-state index in [1.165, 1.54) is 12.1 Å². The number of aromatic hydroxyl groups is 1. The number of phenols is 1. The van der Waals surface area contributed by atoms with Crippen LogP contribution in [0.1, 0.15) is 30.9 Å². The van der Waals surface area contributed by atoms with Crippen LogP contribution in [-0.2, 0) is 46.4 Å². The summed E-state index contributed by atoms with van der Waals surface area (Å²) in [6.45, 7) is 0.375. The average molecular weight is 681 g/mol. The summed E-state index contributed by atoms with van der Waals surface area (Å²) in [7, 11) is 0. The number of amides is 6. The van der Waals surface area contributed by atoms with E-state index in [2.05, 4.69) is 26.3 Å². The van der Waals surface area contributed by atoms with E-state index in [0.717, 1.165) is 12.4 Å². The smallest absolute Gasteiger partial charge is 0.243 e. The molecule has 49 heavy (non-hydrogen) atoms. The number of nitrogens with one attached hydrogen (secondary N) is 5. The van der Waals surface area contributed by atoms with Gasteiger partial charge in [-0.3, -0.25) is 33.6 Å². The van der Waals surface area contributed by atoms with Gasteiger partial charge in [-0.2, -0.15) is 0 Å². The number of hydrogen-bond donors (Lipinski definition) is 10. The Morgan fingerprint density at radius 2 is 1.22 bits per heavy atom. The van der Waals surface area contributed by atoms with E-state index in [9.17, 15) is 43.8 Å². The van der Waals surface area contributed by atoms with Crippen LogP contribution in [0.25, 0.3) is 10.9 Å². The highest BCUT2D eigenvalue weighted by atomic mass is 16.3. The lowest BCUT2D eigenvalue weighted by Crippen LogP contribution is -2.60. The molecule has 6 amide bonds. The van der Waals surface area contributed by atoms with Gasteiger partial charge in [-0.15, -0.1) is 0 Å². The molecule has 1 heterocycles. The Morgan fingerprint density at radius 1 is 0.714 bits per heavy atom. The summed E-state index contributed by atoms with van der Waals surface area (Å²) < 4.78 is 0. The van der Waals surface area contributed by atoms with Crippen molar-refractivity contribution >= 4 is 52.1 Å². The SMILES string of the molecule is CC(=O)[C@H](CO)NC(=O)[C@H](CC(N)=O)NC(=O)[C@H](Cc1c[nH]c2ccccc12)NC(=O)[C@H](CC(N)=O)NC(=O)[C@@H](N)Cc1ccc(O)cc1. The summed E-state index contributed by atoms with van der Waals surface area (Å²) >= 11 is 0. The molecule has 2 aromatic carbocycles. The van der Waals surface area contributed by atoms with E-state index in [1.54, 1.807) is 42.6 Å². The van der Waals surface area contributed by atoms with E-state index in [-0.39, 0.29) is 18.6 Å². The summed E-state index contributed by atoms with van der Waals surface area (Å²) in [5.74, 6) is -6.27. The molecule has 17 nitrogen and oxygen atoms in total. The van der Waals surface area contributed by atoms with Crippen molar-refractivity contribution < 1.29 is 43.8 Å². The number of fused-ring (bicyclic) bond motifs is 1. The number of phenolic OH excluding ortho intramolecular Hbond substituents is 1. The van der Waals surface area contributed by atoms with Crippen molar-refractivity contribution in [2.24, 2.45) is 17.2 Å². The number of benzene rings is 2.